The minimum atomic E-state index is -1.01. The van der Waals surface area contributed by atoms with Crippen molar-refractivity contribution in [2.75, 3.05) is 5.32 Å². The topological polar surface area (TPSA) is 123 Å². The lowest BCUT2D eigenvalue weighted by atomic mass is 9.93. The van der Waals surface area contributed by atoms with E-state index >= 15 is 0 Å². The monoisotopic (exact) mass is 540 g/mol. The third-order valence-electron chi connectivity index (χ3n) is 8.42. The SMILES string of the molecule is CC(=O)/C=C/c1ccc(NC(=O)C2(NC(=O)c3ccc4c(C5CCCC5)c(C(N)=O)n(C)c4c3)CCCC2)cc1. The molecule has 2 aliphatic carbocycles. The maximum Gasteiger partial charge on any atom is 0.265 e. The number of nitrogens with one attached hydrogen (secondary N) is 2. The van der Waals surface area contributed by atoms with E-state index < -0.39 is 11.4 Å². The van der Waals surface area contributed by atoms with E-state index in [-0.39, 0.29) is 23.5 Å². The largest absolute Gasteiger partial charge is 0.364 e. The summed E-state index contributed by atoms with van der Waals surface area (Å²) in [7, 11) is 1.82. The van der Waals surface area contributed by atoms with Crippen molar-refractivity contribution in [3.63, 3.8) is 0 Å². The smallest absolute Gasteiger partial charge is 0.265 e. The van der Waals surface area contributed by atoms with Crippen LogP contribution in [0.25, 0.3) is 17.0 Å². The van der Waals surface area contributed by atoms with Gasteiger partial charge < -0.3 is 20.9 Å². The molecule has 2 aromatic carbocycles. The van der Waals surface area contributed by atoms with Crippen molar-refractivity contribution in [1.82, 2.24) is 9.88 Å². The zero-order valence-corrected chi connectivity index (χ0v) is 23.1. The van der Waals surface area contributed by atoms with E-state index in [0.717, 1.165) is 60.6 Å². The van der Waals surface area contributed by atoms with Gasteiger partial charge in [-0.15, -0.1) is 0 Å². The Kier molecular flexibility index (Phi) is 7.61. The first kappa shape index (κ1) is 27.4. The molecule has 0 spiro atoms. The standard InChI is InChI=1S/C32H36N4O4/c1-20(37)9-10-21-11-14-24(15-12-21)34-31(40)32(17-5-6-18-32)35-30(39)23-13-16-25-26(19-23)36(2)28(29(33)38)27(25)22-7-3-4-8-22/h9-16,19,22H,3-8,17-18H2,1-2H3,(H2,33,38)(H,34,40)(H,35,39)/b10-9+. The van der Waals surface area contributed by atoms with E-state index in [0.29, 0.717) is 29.8 Å². The Morgan fingerprint density at radius 1 is 0.975 bits per heavy atom. The average Bonchev–Trinajstić information content (AvgIpc) is 3.68. The summed E-state index contributed by atoms with van der Waals surface area (Å²) in [5, 5.41) is 6.98. The number of primary amides is 1. The fourth-order valence-corrected chi connectivity index (χ4v) is 6.35. The quantitative estimate of drug-likeness (QED) is 0.339. The van der Waals surface area contributed by atoms with Crippen LogP contribution in [0.1, 0.15) is 96.2 Å². The summed E-state index contributed by atoms with van der Waals surface area (Å²) in [4.78, 5) is 50.7. The lowest BCUT2D eigenvalue weighted by Gasteiger charge is -2.29. The Hall–Kier alpha value is -4.20. The second kappa shape index (κ2) is 11.1. The molecule has 2 aliphatic rings. The predicted octanol–water partition coefficient (Wildman–Crippen LogP) is 5.22. The van der Waals surface area contributed by atoms with Gasteiger partial charge in [0, 0.05) is 29.2 Å². The van der Waals surface area contributed by atoms with Gasteiger partial charge in [-0.05, 0) is 80.0 Å². The summed E-state index contributed by atoms with van der Waals surface area (Å²) in [6.45, 7) is 1.49. The molecule has 1 aromatic heterocycles. The fraction of sp³-hybridized carbons (Fsp3) is 0.375. The summed E-state index contributed by atoms with van der Waals surface area (Å²) in [5.74, 6) is -0.783. The molecule has 8 nitrogen and oxygen atoms in total. The number of rotatable bonds is 8. The predicted molar refractivity (Wildman–Crippen MR) is 156 cm³/mol. The van der Waals surface area contributed by atoms with Gasteiger partial charge in [0.1, 0.15) is 11.2 Å². The van der Waals surface area contributed by atoms with Crippen LogP contribution in [-0.2, 0) is 16.6 Å². The van der Waals surface area contributed by atoms with Crippen LogP contribution in [0.5, 0.6) is 0 Å². The Bertz CT molecular complexity index is 1500. The summed E-state index contributed by atoms with van der Waals surface area (Å²) in [6.07, 6.45) is 10.3. The summed E-state index contributed by atoms with van der Waals surface area (Å²) in [6, 6.07) is 12.7. The number of aromatic nitrogens is 1. The highest BCUT2D eigenvalue weighted by Gasteiger charge is 2.42. The fourth-order valence-electron chi connectivity index (χ4n) is 6.35. The van der Waals surface area contributed by atoms with E-state index in [1.807, 2.05) is 25.2 Å². The van der Waals surface area contributed by atoms with Crippen molar-refractivity contribution < 1.29 is 19.2 Å². The number of anilines is 1. The summed E-state index contributed by atoms with van der Waals surface area (Å²) >= 11 is 0. The molecule has 0 unspecified atom stereocenters. The second-order valence-electron chi connectivity index (χ2n) is 11.2. The van der Waals surface area contributed by atoms with E-state index in [4.69, 9.17) is 5.73 Å². The average molecular weight is 541 g/mol. The van der Waals surface area contributed by atoms with Crippen LogP contribution in [0.2, 0.25) is 0 Å². The minimum Gasteiger partial charge on any atom is -0.364 e. The van der Waals surface area contributed by atoms with Crippen LogP contribution in [0.15, 0.2) is 48.5 Å². The van der Waals surface area contributed by atoms with Crippen molar-refractivity contribution in [2.45, 2.75) is 69.7 Å². The molecule has 40 heavy (non-hydrogen) atoms. The Balaban J connectivity index is 1.38. The van der Waals surface area contributed by atoms with E-state index in [1.54, 1.807) is 34.9 Å². The van der Waals surface area contributed by atoms with Gasteiger partial charge in [-0.3, -0.25) is 19.2 Å². The van der Waals surface area contributed by atoms with E-state index in [1.165, 1.54) is 13.0 Å². The first-order valence-electron chi connectivity index (χ1n) is 14.0. The Labute approximate surface area is 234 Å². The number of nitrogens with zero attached hydrogens (tertiary/aromatic N) is 1. The number of amides is 3. The van der Waals surface area contributed by atoms with Crippen molar-refractivity contribution in [1.29, 1.82) is 0 Å². The third-order valence-corrected chi connectivity index (χ3v) is 8.42. The maximum atomic E-state index is 13.5. The van der Waals surface area contributed by atoms with Crippen LogP contribution < -0.4 is 16.4 Å². The third kappa shape index (κ3) is 5.30. The summed E-state index contributed by atoms with van der Waals surface area (Å²) < 4.78 is 1.80. The summed E-state index contributed by atoms with van der Waals surface area (Å²) in [5.41, 5.74) is 8.98. The molecule has 8 heteroatoms. The molecular formula is C32H36N4O4. The van der Waals surface area contributed by atoms with Gasteiger partial charge in [0.2, 0.25) is 5.91 Å². The maximum absolute atomic E-state index is 13.5. The van der Waals surface area contributed by atoms with Crippen LogP contribution >= 0.6 is 0 Å². The van der Waals surface area contributed by atoms with Crippen LogP contribution in [-0.4, -0.2) is 33.6 Å². The first-order chi connectivity index (χ1) is 19.2. The molecule has 2 fully saturated rings. The highest BCUT2D eigenvalue weighted by atomic mass is 16.2. The molecule has 0 saturated heterocycles. The number of carbonyl (C=O) groups excluding carboxylic acids is 4. The molecule has 4 N–H and O–H groups in total. The van der Waals surface area contributed by atoms with Gasteiger partial charge in [-0.25, -0.2) is 0 Å². The molecule has 0 radical (unpaired) electrons. The van der Waals surface area contributed by atoms with Crippen LogP contribution in [0.4, 0.5) is 5.69 Å². The molecule has 0 bridgehead atoms. The molecule has 5 rings (SSSR count). The first-order valence-corrected chi connectivity index (χ1v) is 14.0. The molecule has 0 atom stereocenters. The van der Waals surface area contributed by atoms with Crippen molar-refractivity contribution in [3.05, 3.63) is 70.9 Å². The molecule has 0 aliphatic heterocycles. The van der Waals surface area contributed by atoms with Gasteiger partial charge in [0.05, 0.1) is 0 Å². The number of hydrogen-bond acceptors (Lipinski definition) is 4. The minimum absolute atomic E-state index is 0.0369. The zero-order valence-electron chi connectivity index (χ0n) is 23.1. The Morgan fingerprint density at radius 3 is 2.27 bits per heavy atom. The molecule has 1 heterocycles. The van der Waals surface area contributed by atoms with Crippen LogP contribution in [0, 0.1) is 0 Å². The van der Waals surface area contributed by atoms with E-state index in [2.05, 4.69) is 10.6 Å². The highest BCUT2D eigenvalue weighted by Crippen LogP contribution is 2.41. The lowest BCUT2D eigenvalue weighted by molar-refractivity contribution is -0.122. The normalized spacial score (nSPS) is 16.9. The van der Waals surface area contributed by atoms with Gasteiger partial charge >= 0.3 is 0 Å². The molecule has 3 amide bonds. The Morgan fingerprint density at radius 2 is 1.65 bits per heavy atom. The molecule has 2 saturated carbocycles. The van der Waals surface area contributed by atoms with E-state index in [9.17, 15) is 19.2 Å². The van der Waals surface area contributed by atoms with Gasteiger partial charge in [0.15, 0.2) is 5.78 Å². The second-order valence-corrected chi connectivity index (χ2v) is 11.2. The van der Waals surface area contributed by atoms with Crippen molar-refractivity contribution >= 4 is 46.2 Å². The number of fused-ring (bicyclic) bond motifs is 1. The van der Waals surface area contributed by atoms with Crippen molar-refractivity contribution in [2.24, 2.45) is 12.8 Å². The zero-order chi connectivity index (χ0) is 28.4. The molecule has 208 valence electrons. The van der Waals surface area contributed by atoms with Gasteiger partial charge in [0.25, 0.3) is 11.8 Å². The number of aryl methyl sites for hydroxylation is 1. The molecular weight excluding hydrogens is 504 g/mol. The number of hydrogen-bond donors (Lipinski definition) is 3. The number of ketones is 1. The van der Waals surface area contributed by atoms with Gasteiger partial charge in [-0.1, -0.05) is 50.0 Å². The lowest BCUT2D eigenvalue weighted by Crippen LogP contribution is -2.55. The number of benzene rings is 2. The van der Waals surface area contributed by atoms with Crippen molar-refractivity contribution in [3.8, 4) is 0 Å². The number of allylic oxidation sites excluding steroid dienone is 1. The highest BCUT2D eigenvalue weighted by molar-refractivity contribution is 6.07. The van der Waals surface area contributed by atoms with Crippen LogP contribution in [0.3, 0.4) is 0 Å². The number of nitrogens with two attached hydrogens (primary N) is 1. The molecule has 3 aromatic rings. The van der Waals surface area contributed by atoms with Gasteiger partial charge in [-0.2, -0.15) is 0 Å². The number of carbonyl (C=O) groups is 4.